The molecule has 0 spiro atoms. The van der Waals surface area contributed by atoms with Gasteiger partial charge in [0.25, 0.3) is 0 Å². The minimum absolute atomic E-state index is 0.195. The van der Waals surface area contributed by atoms with Crippen LogP contribution in [0.5, 0.6) is 11.5 Å². The fourth-order valence-corrected chi connectivity index (χ4v) is 3.08. The predicted molar refractivity (Wildman–Crippen MR) is 125 cm³/mol. The lowest BCUT2D eigenvalue weighted by molar-refractivity contribution is -0.117. The Labute approximate surface area is 183 Å². The lowest BCUT2D eigenvalue weighted by Gasteiger charge is -2.12. The maximum absolute atomic E-state index is 11.3. The second-order valence-corrected chi connectivity index (χ2v) is 7.31. The van der Waals surface area contributed by atoms with E-state index in [0.29, 0.717) is 24.7 Å². The van der Waals surface area contributed by atoms with Crippen LogP contribution in [0.15, 0.2) is 91.0 Å². The van der Waals surface area contributed by atoms with Crippen molar-refractivity contribution in [1.82, 2.24) is 0 Å². The minimum Gasteiger partial charge on any atom is -0.489 e. The zero-order chi connectivity index (χ0) is 22.1. The van der Waals surface area contributed by atoms with Crippen molar-refractivity contribution in [2.24, 2.45) is 5.73 Å². The lowest BCUT2D eigenvalue weighted by Crippen LogP contribution is -2.15. The number of benzene rings is 3. The van der Waals surface area contributed by atoms with Crippen LogP contribution in [-0.4, -0.2) is 12.5 Å². The quantitative estimate of drug-likeness (QED) is 0.462. The molecule has 158 valence electrons. The number of carbonyl (C=O) groups is 1. The third kappa shape index (κ3) is 6.89. The van der Waals surface area contributed by atoms with Gasteiger partial charge in [0.15, 0.2) is 0 Å². The highest BCUT2D eigenvalue weighted by Gasteiger charge is 2.06. The third-order valence-electron chi connectivity index (χ3n) is 4.79. The summed E-state index contributed by atoms with van der Waals surface area (Å²) in [5, 5.41) is 0. The first-order valence-electron chi connectivity index (χ1n) is 10.1. The fraction of sp³-hybridized carbons (Fsp3) is 0.148. The first-order chi connectivity index (χ1) is 15.0. The molecule has 0 heterocycles. The molecule has 0 unspecified atom stereocenters. The number of carbonyl (C=O) groups excluding carboxylic acids is 1. The molecular formula is C27H27NO3. The summed E-state index contributed by atoms with van der Waals surface area (Å²) >= 11 is 0. The van der Waals surface area contributed by atoms with Gasteiger partial charge >= 0.3 is 0 Å². The molecule has 0 saturated heterocycles. The van der Waals surface area contributed by atoms with E-state index in [1.807, 2.05) is 72.8 Å². The molecule has 3 aromatic rings. The van der Waals surface area contributed by atoms with Gasteiger partial charge in [-0.15, -0.1) is 0 Å². The van der Waals surface area contributed by atoms with Gasteiger partial charge in [-0.2, -0.15) is 0 Å². The summed E-state index contributed by atoms with van der Waals surface area (Å²) in [6, 6.07) is 23.3. The van der Waals surface area contributed by atoms with Crippen molar-refractivity contribution in [2.45, 2.75) is 20.0 Å². The summed E-state index contributed by atoms with van der Waals surface area (Å²) < 4.78 is 11.8. The first-order valence-corrected chi connectivity index (χ1v) is 10.1. The average Bonchev–Trinajstić information content (AvgIpc) is 2.76. The Morgan fingerprint density at radius 3 is 2.35 bits per heavy atom. The van der Waals surface area contributed by atoms with E-state index in [0.717, 1.165) is 22.3 Å². The Morgan fingerprint density at radius 1 is 0.935 bits per heavy atom. The number of primary amides is 1. The van der Waals surface area contributed by atoms with Gasteiger partial charge in [0.1, 0.15) is 24.7 Å². The van der Waals surface area contributed by atoms with Gasteiger partial charge in [-0.3, -0.25) is 4.79 Å². The number of nitrogens with two attached hydrogens (primary N) is 1. The van der Waals surface area contributed by atoms with Crippen molar-refractivity contribution in [3.63, 3.8) is 0 Å². The molecule has 0 fully saturated rings. The van der Waals surface area contributed by atoms with Crippen molar-refractivity contribution < 1.29 is 14.3 Å². The third-order valence-corrected chi connectivity index (χ3v) is 4.79. The highest BCUT2D eigenvalue weighted by Crippen LogP contribution is 2.22. The molecule has 0 aromatic heterocycles. The van der Waals surface area contributed by atoms with E-state index in [-0.39, 0.29) is 12.3 Å². The smallest absolute Gasteiger partial charge is 0.221 e. The van der Waals surface area contributed by atoms with E-state index < -0.39 is 0 Å². The fourth-order valence-electron chi connectivity index (χ4n) is 3.08. The summed E-state index contributed by atoms with van der Waals surface area (Å²) in [6.07, 6.45) is 4.21. The van der Waals surface area contributed by atoms with Crippen LogP contribution in [0, 0.1) is 6.92 Å². The van der Waals surface area contributed by atoms with Crippen LogP contribution >= 0.6 is 0 Å². The number of rotatable bonds is 10. The molecule has 1 amide bonds. The van der Waals surface area contributed by atoms with E-state index in [4.69, 9.17) is 15.2 Å². The zero-order valence-corrected chi connectivity index (χ0v) is 17.7. The molecular weight excluding hydrogens is 386 g/mol. The van der Waals surface area contributed by atoms with Crippen LogP contribution in [0.1, 0.15) is 22.3 Å². The molecule has 0 aliphatic carbocycles. The second kappa shape index (κ2) is 10.8. The lowest BCUT2D eigenvalue weighted by atomic mass is 10.1. The molecule has 0 bridgehead atoms. The first kappa shape index (κ1) is 21.9. The molecule has 4 nitrogen and oxygen atoms in total. The summed E-state index contributed by atoms with van der Waals surface area (Å²) in [5.74, 6) is 1.03. The molecule has 0 saturated carbocycles. The van der Waals surface area contributed by atoms with E-state index in [1.165, 1.54) is 5.56 Å². The molecule has 0 aliphatic rings. The minimum atomic E-state index is -0.362. The molecule has 4 heteroatoms. The van der Waals surface area contributed by atoms with Gasteiger partial charge in [0.05, 0.1) is 6.42 Å². The highest BCUT2D eigenvalue weighted by molar-refractivity contribution is 5.77. The summed E-state index contributed by atoms with van der Waals surface area (Å²) in [5.41, 5.74) is 10.4. The van der Waals surface area contributed by atoms with E-state index >= 15 is 0 Å². The van der Waals surface area contributed by atoms with Crippen LogP contribution in [0.3, 0.4) is 0 Å². The monoisotopic (exact) mass is 413 g/mol. The Hall–Kier alpha value is -3.79. The van der Waals surface area contributed by atoms with E-state index in [1.54, 1.807) is 0 Å². The normalized spacial score (nSPS) is 10.7. The van der Waals surface area contributed by atoms with Crippen molar-refractivity contribution >= 4 is 12.0 Å². The standard InChI is InChI=1S/C27H27NO3/c1-20(14-15-22-9-4-3-8-21(22)2)18-30-25-12-7-13-26(17-25)31-19-24-11-6-5-10-23(24)16-27(28)29/h3-15,17H,1,16,18-19H2,2H3,(H2,28,29)/b15-14-. The molecule has 0 atom stereocenters. The predicted octanol–water partition coefficient (Wildman–Crippen LogP) is 5.25. The maximum atomic E-state index is 11.3. The Morgan fingerprint density at radius 2 is 1.61 bits per heavy atom. The average molecular weight is 414 g/mol. The largest absolute Gasteiger partial charge is 0.489 e. The van der Waals surface area contributed by atoms with Gasteiger partial charge in [-0.05, 0) is 46.9 Å². The van der Waals surface area contributed by atoms with Gasteiger partial charge < -0.3 is 15.2 Å². The second-order valence-electron chi connectivity index (χ2n) is 7.31. The van der Waals surface area contributed by atoms with Crippen molar-refractivity contribution in [3.8, 4) is 11.5 Å². The van der Waals surface area contributed by atoms with Crippen molar-refractivity contribution in [2.75, 3.05) is 6.61 Å². The topological polar surface area (TPSA) is 61.6 Å². The number of ether oxygens (including phenoxy) is 2. The molecule has 3 aromatic carbocycles. The summed E-state index contributed by atoms with van der Waals surface area (Å²) in [7, 11) is 0. The summed E-state index contributed by atoms with van der Waals surface area (Å²) in [6.45, 7) is 6.87. The van der Waals surface area contributed by atoms with Gasteiger partial charge in [0.2, 0.25) is 5.91 Å². The van der Waals surface area contributed by atoms with Crippen molar-refractivity contribution in [1.29, 1.82) is 0 Å². The van der Waals surface area contributed by atoms with Crippen LogP contribution in [0.4, 0.5) is 0 Å². The SMILES string of the molecule is C=C(/C=C\c1ccccc1C)COc1cccc(OCc2ccccc2CC(N)=O)c1. The van der Waals surface area contributed by atoms with Crippen LogP contribution < -0.4 is 15.2 Å². The number of hydrogen-bond donors (Lipinski definition) is 1. The van der Waals surface area contributed by atoms with E-state index in [2.05, 4.69) is 25.6 Å². The highest BCUT2D eigenvalue weighted by atomic mass is 16.5. The molecule has 3 rings (SSSR count). The van der Waals surface area contributed by atoms with Crippen LogP contribution in [-0.2, 0) is 17.8 Å². The number of hydrogen-bond acceptors (Lipinski definition) is 3. The van der Waals surface area contributed by atoms with Crippen LogP contribution in [0.2, 0.25) is 0 Å². The Bertz CT molecular complexity index is 1090. The van der Waals surface area contributed by atoms with Gasteiger partial charge in [0, 0.05) is 6.07 Å². The molecule has 2 N–H and O–H groups in total. The van der Waals surface area contributed by atoms with Crippen LogP contribution in [0.25, 0.3) is 6.08 Å². The van der Waals surface area contributed by atoms with Gasteiger partial charge in [-0.25, -0.2) is 0 Å². The number of amides is 1. The Kier molecular flexibility index (Phi) is 7.66. The summed E-state index contributed by atoms with van der Waals surface area (Å²) in [4.78, 5) is 11.3. The number of aryl methyl sites for hydroxylation is 1. The molecule has 0 aliphatic heterocycles. The van der Waals surface area contributed by atoms with E-state index in [9.17, 15) is 4.79 Å². The molecule has 0 radical (unpaired) electrons. The van der Waals surface area contributed by atoms with Crippen molar-refractivity contribution in [3.05, 3.63) is 113 Å². The zero-order valence-electron chi connectivity index (χ0n) is 17.7. The van der Waals surface area contributed by atoms with Gasteiger partial charge in [-0.1, -0.05) is 73.3 Å². The maximum Gasteiger partial charge on any atom is 0.221 e. The molecule has 31 heavy (non-hydrogen) atoms. The Balaban J connectivity index is 1.55.